The van der Waals surface area contributed by atoms with Crippen LogP contribution in [0.5, 0.6) is 0 Å². The first-order chi connectivity index (χ1) is 8.83. The van der Waals surface area contributed by atoms with Crippen molar-refractivity contribution in [1.29, 1.82) is 0 Å². The van der Waals surface area contributed by atoms with Crippen LogP contribution in [0.25, 0.3) is 0 Å². The Balaban J connectivity index is 1.57. The second-order valence-electron chi connectivity index (χ2n) is 4.71. The van der Waals surface area contributed by atoms with Gasteiger partial charge in [0.25, 0.3) is 0 Å². The Labute approximate surface area is 116 Å². The van der Waals surface area contributed by atoms with E-state index in [1.807, 2.05) is 11.8 Å². The third kappa shape index (κ3) is 2.63. The molecule has 0 bridgehead atoms. The molecular formula is C15H16OS2. The zero-order valence-corrected chi connectivity index (χ0v) is 11.7. The Morgan fingerprint density at radius 1 is 1.28 bits per heavy atom. The zero-order valence-electron chi connectivity index (χ0n) is 10.1. The molecular weight excluding hydrogens is 260 g/mol. The Morgan fingerprint density at radius 2 is 2.17 bits per heavy atom. The molecule has 0 spiro atoms. The summed E-state index contributed by atoms with van der Waals surface area (Å²) in [5.41, 5.74) is 2.74. The number of thioether (sulfide) groups is 1. The highest BCUT2D eigenvalue weighted by molar-refractivity contribution is 8.00. The molecule has 1 nitrogen and oxygen atoms in total. The molecule has 3 heteroatoms. The topological polar surface area (TPSA) is 20.2 Å². The maximum atomic E-state index is 10.3. The van der Waals surface area contributed by atoms with Crippen LogP contribution in [0.1, 0.15) is 17.5 Å². The molecule has 2 atom stereocenters. The van der Waals surface area contributed by atoms with E-state index in [2.05, 4.69) is 41.1 Å². The van der Waals surface area contributed by atoms with Crippen LogP contribution >= 0.6 is 23.1 Å². The average molecular weight is 276 g/mol. The van der Waals surface area contributed by atoms with Gasteiger partial charge < -0.3 is 5.11 Å². The fourth-order valence-electron chi connectivity index (χ4n) is 2.36. The average Bonchev–Trinajstić information content (AvgIpc) is 3.04. The molecule has 1 aromatic carbocycles. The maximum absolute atomic E-state index is 10.3. The maximum Gasteiger partial charge on any atom is 0.0668 e. The van der Waals surface area contributed by atoms with E-state index in [1.165, 1.54) is 16.0 Å². The minimum Gasteiger partial charge on any atom is -0.392 e. The number of hydrogen-bond donors (Lipinski definition) is 1. The molecule has 3 rings (SSSR count). The number of aliphatic hydroxyl groups excluding tert-OH is 1. The molecule has 0 aliphatic carbocycles. The minimum atomic E-state index is -0.206. The fourth-order valence-corrected chi connectivity index (χ4v) is 4.40. The zero-order chi connectivity index (χ0) is 12.4. The number of benzene rings is 1. The van der Waals surface area contributed by atoms with Crippen molar-refractivity contribution >= 4 is 23.1 Å². The van der Waals surface area contributed by atoms with E-state index in [9.17, 15) is 5.11 Å². The van der Waals surface area contributed by atoms with E-state index in [4.69, 9.17) is 0 Å². The van der Waals surface area contributed by atoms with Crippen molar-refractivity contribution in [3.05, 3.63) is 52.2 Å². The third-order valence-corrected chi connectivity index (χ3v) is 5.58. The van der Waals surface area contributed by atoms with Crippen molar-refractivity contribution in [1.82, 2.24) is 0 Å². The lowest BCUT2D eigenvalue weighted by Gasteiger charge is -2.16. The van der Waals surface area contributed by atoms with Crippen molar-refractivity contribution in [2.24, 2.45) is 0 Å². The van der Waals surface area contributed by atoms with E-state index in [0.717, 1.165) is 19.3 Å². The first-order valence-corrected chi connectivity index (χ1v) is 8.09. The summed E-state index contributed by atoms with van der Waals surface area (Å²) in [4.78, 5) is 1.34. The van der Waals surface area contributed by atoms with Crippen LogP contribution < -0.4 is 0 Å². The molecule has 94 valence electrons. The Kier molecular flexibility index (Phi) is 3.73. The van der Waals surface area contributed by atoms with E-state index in [-0.39, 0.29) is 6.10 Å². The van der Waals surface area contributed by atoms with Crippen molar-refractivity contribution in [2.45, 2.75) is 35.5 Å². The number of rotatable bonds is 4. The van der Waals surface area contributed by atoms with Crippen molar-refractivity contribution in [3.63, 3.8) is 0 Å². The van der Waals surface area contributed by atoms with Gasteiger partial charge in [-0.25, -0.2) is 0 Å². The lowest BCUT2D eigenvalue weighted by molar-refractivity contribution is 0.162. The van der Waals surface area contributed by atoms with Crippen LogP contribution in [-0.2, 0) is 12.8 Å². The molecule has 2 heterocycles. The first-order valence-electron chi connectivity index (χ1n) is 6.26. The summed E-state index contributed by atoms with van der Waals surface area (Å²) in [5, 5.41) is 14.9. The molecule has 1 aromatic heterocycles. The summed E-state index contributed by atoms with van der Waals surface area (Å²) < 4.78 is 0. The van der Waals surface area contributed by atoms with E-state index in [1.54, 1.807) is 11.3 Å². The lowest BCUT2D eigenvalue weighted by Crippen LogP contribution is -2.23. The molecule has 2 unspecified atom stereocenters. The van der Waals surface area contributed by atoms with Crippen LogP contribution in [0.3, 0.4) is 0 Å². The highest BCUT2D eigenvalue weighted by Gasteiger charge is 2.27. The summed E-state index contributed by atoms with van der Waals surface area (Å²) in [6, 6.07) is 10.6. The summed E-state index contributed by atoms with van der Waals surface area (Å²) in [7, 11) is 0. The van der Waals surface area contributed by atoms with Gasteiger partial charge in [-0.2, -0.15) is 11.3 Å². The fraction of sp³-hybridized carbons (Fsp3) is 0.333. The molecule has 18 heavy (non-hydrogen) atoms. The van der Waals surface area contributed by atoms with Crippen LogP contribution in [0, 0.1) is 0 Å². The van der Waals surface area contributed by atoms with Gasteiger partial charge in [0, 0.05) is 10.1 Å². The number of aliphatic hydroxyl groups is 1. The normalized spacial score (nSPS) is 19.7. The molecule has 0 amide bonds. The van der Waals surface area contributed by atoms with E-state index in [0.29, 0.717) is 5.25 Å². The van der Waals surface area contributed by atoms with Crippen molar-refractivity contribution in [3.8, 4) is 0 Å². The summed E-state index contributed by atoms with van der Waals surface area (Å²) in [5.74, 6) is 0. The number of fused-ring (bicyclic) bond motifs is 1. The quantitative estimate of drug-likeness (QED) is 0.917. The van der Waals surface area contributed by atoms with Gasteiger partial charge in [-0.15, -0.1) is 11.8 Å². The molecule has 1 N–H and O–H groups in total. The van der Waals surface area contributed by atoms with Gasteiger partial charge in [0.15, 0.2) is 0 Å². The van der Waals surface area contributed by atoms with Gasteiger partial charge in [-0.05, 0) is 53.3 Å². The van der Waals surface area contributed by atoms with Crippen LogP contribution in [0.2, 0.25) is 0 Å². The monoisotopic (exact) mass is 276 g/mol. The lowest BCUT2D eigenvalue weighted by atomic mass is 10.0. The summed E-state index contributed by atoms with van der Waals surface area (Å²) in [6.07, 6.45) is 2.65. The summed E-state index contributed by atoms with van der Waals surface area (Å²) >= 11 is 3.56. The Hall–Kier alpha value is -0.770. The molecule has 0 saturated carbocycles. The van der Waals surface area contributed by atoms with Gasteiger partial charge in [0.2, 0.25) is 0 Å². The predicted octanol–water partition coefficient (Wildman–Crippen LogP) is 3.76. The predicted molar refractivity (Wildman–Crippen MR) is 78.4 cm³/mol. The molecule has 0 saturated heterocycles. The number of aryl methyl sites for hydroxylation is 1. The largest absolute Gasteiger partial charge is 0.392 e. The standard InChI is InChI=1S/C15H16OS2/c16-13(6-5-11-7-8-17-10-11)15-9-12-3-1-2-4-14(12)18-15/h1-4,7-8,10,13,15-16H,5-6,9H2. The van der Waals surface area contributed by atoms with Gasteiger partial charge in [-0.3, -0.25) is 0 Å². The minimum absolute atomic E-state index is 0.206. The second-order valence-corrected chi connectivity index (χ2v) is 6.77. The molecule has 0 fully saturated rings. The van der Waals surface area contributed by atoms with Gasteiger partial charge in [0.05, 0.1) is 6.10 Å². The van der Waals surface area contributed by atoms with E-state index < -0.39 is 0 Å². The van der Waals surface area contributed by atoms with Crippen molar-refractivity contribution in [2.75, 3.05) is 0 Å². The van der Waals surface area contributed by atoms with Gasteiger partial charge in [-0.1, -0.05) is 18.2 Å². The Morgan fingerprint density at radius 3 is 2.94 bits per heavy atom. The Bertz CT molecular complexity index is 482. The molecule has 1 aliphatic heterocycles. The highest BCUT2D eigenvalue weighted by Crippen LogP contribution is 2.39. The SMILES string of the molecule is OC(CCc1ccsc1)C1Cc2ccccc2S1. The third-order valence-electron chi connectivity index (χ3n) is 3.41. The first kappa shape index (κ1) is 12.3. The van der Waals surface area contributed by atoms with E-state index >= 15 is 0 Å². The number of thiophene rings is 1. The van der Waals surface area contributed by atoms with Crippen LogP contribution in [-0.4, -0.2) is 16.5 Å². The van der Waals surface area contributed by atoms with Gasteiger partial charge in [0.1, 0.15) is 0 Å². The molecule has 2 aromatic rings. The highest BCUT2D eigenvalue weighted by atomic mass is 32.2. The van der Waals surface area contributed by atoms with Crippen molar-refractivity contribution < 1.29 is 5.11 Å². The summed E-state index contributed by atoms with van der Waals surface area (Å²) in [6.45, 7) is 0. The van der Waals surface area contributed by atoms with Gasteiger partial charge >= 0.3 is 0 Å². The van der Waals surface area contributed by atoms with Crippen LogP contribution in [0.4, 0.5) is 0 Å². The van der Waals surface area contributed by atoms with Crippen LogP contribution in [0.15, 0.2) is 46.0 Å². The smallest absolute Gasteiger partial charge is 0.0668 e. The second kappa shape index (κ2) is 5.47. The molecule has 0 radical (unpaired) electrons. The number of hydrogen-bond acceptors (Lipinski definition) is 3. The molecule has 1 aliphatic rings.